The Labute approximate surface area is 95.7 Å². The summed E-state index contributed by atoms with van der Waals surface area (Å²) in [5.41, 5.74) is 1.11. The van der Waals surface area contributed by atoms with E-state index in [-0.39, 0.29) is 3.42 Å². The van der Waals surface area contributed by atoms with Gasteiger partial charge in [-0.3, -0.25) is 0 Å². The molecule has 1 aliphatic carbocycles. The van der Waals surface area contributed by atoms with Crippen LogP contribution in [0.1, 0.15) is 22.5 Å². The predicted octanol–water partition coefficient (Wildman–Crippen LogP) is 3.69. The molecule has 3 heteroatoms. The van der Waals surface area contributed by atoms with Gasteiger partial charge >= 0.3 is 0 Å². The lowest BCUT2D eigenvalue weighted by Gasteiger charge is -2.09. The van der Waals surface area contributed by atoms with E-state index in [1.807, 2.05) is 6.92 Å². The first kappa shape index (κ1) is 9.40. The minimum absolute atomic E-state index is 0.131. The number of thiazole rings is 1. The molecular formula is C10H10INS. The van der Waals surface area contributed by atoms with Crippen molar-refractivity contribution in [2.45, 2.75) is 17.3 Å². The zero-order chi connectivity index (χ0) is 9.47. The lowest BCUT2D eigenvalue weighted by atomic mass is 10.2. The molecule has 0 spiro atoms. The first-order chi connectivity index (χ1) is 6.07. The standard InChI is InChI=1S/C10H10INS/c1-7-12-8-3-5-10(2,11)6-4-9(8)13-7/h3-6H,1-2H3. The number of rotatable bonds is 0. The summed E-state index contributed by atoms with van der Waals surface area (Å²) in [5, 5.41) is 1.14. The van der Waals surface area contributed by atoms with Crippen molar-refractivity contribution in [1.29, 1.82) is 0 Å². The van der Waals surface area contributed by atoms with Crippen molar-refractivity contribution in [3.05, 3.63) is 27.7 Å². The normalized spacial score (nSPS) is 25.8. The van der Waals surface area contributed by atoms with Gasteiger partial charge in [-0.25, -0.2) is 4.98 Å². The van der Waals surface area contributed by atoms with Crippen molar-refractivity contribution in [3.8, 4) is 0 Å². The van der Waals surface area contributed by atoms with Gasteiger partial charge in [0.05, 0.1) is 19.0 Å². The van der Waals surface area contributed by atoms with E-state index in [0.717, 1.165) is 10.7 Å². The highest BCUT2D eigenvalue weighted by Gasteiger charge is 2.15. The van der Waals surface area contributed by atoms with Crippen LogP contribution in [0.4, 0.5) is 0 Å². The van der Waals surface area contributed by atoms with E-state index < -0.39 is 0 Å². The van der Waals surface area contributed by atoms with Crippen LogP contribution in [-0.4, -0.2) is 8.41 Å². The van der Waals surface area contributed by atoms with E-state index in [0.29, 0.717) is 0 Å². The molecule has 1 atom stereocenters. The van der Waals surface area contributed by atoms with Gasteiger partial charge in [0.1, 0.15) is 0 Å². The average molecular weight is 303 g/mol. The lowest BCUT2D eigenvalue weighted by molar-refractivity contribution is 1.07. The average Bonchev–Trinajstić information content (AvgIpc) is 2.34. The molecule has 0 radical (unpaired) electrons. The van der Waals surface area contributed by atoms with Crippen LogP contribution in [-0.2, 0) is 0 Å². The summed E-state index contributed by atoms with van der Waals surface area (Å²) < 4.78 is 0.131. The van der Waals surface area contributed by atoms with Crippen molar-refractivity contribution in [3.63, 3.8) is 0 Å². The molecule has 1 heterocycles. The summed E-state index contributed by atoms with van der Waals surface area (Å²) >= 11 is 4.18. The summed E-state index contributed by atoms with van der Waals surface area (Å²) in [7, 11) is 0. The molecule has 0 N–H and O–H groups in total. The molecule has 0 saturated carbocycles. The SMILES string of the molecule is Cc1nc2c(s1)C=CC(C)(I)C=C2. The molecule has 0 aromatic carbocycles. The lowest BCUT2D eigenvalue weighted by Crippen LogP contribution is -2.04. The molecular weight excluding hydrogens is 293 g/mol. The highest BCUT2D eigenvalue weighted by Crippen LogP contribution is 2.30. The smallest absolute Gasteiger partial charge is 0.0907 e. The van der Waals surface area contributed by atoms with Crippen LogP contribution >= 0.6 is 33.9 Å². The van der Waals surface area contributed by atoms with Gasteiger partial charge < -0.3 is 0 Å². The van der Waals surface area contributed by atoms with Crippen molar-refractivity contribution < 1.29 is 0 Å². The van der Waals surface area contributed by atoms with Crippen LogP contribution in [0.5, 0.6) is 0 Å². The van der Waals surface area contributed by atoms with Gasteiger partial charge in [0, 0.05) is 0 Å². The van der Waals surface area contributed by atoms with Crippen molar-refractivity contribution >= 4 is 46.1 Å². The van der Waals surface area contributed by atoms with Crippen LogP contribution in [0.25, 0.3) is 12.2 Å². The summed E-state index contributed by atoms with van der Waals surface area (Å²) in [6.07, 6.45) is 8.69. The second-order valence-corrected chi connectivity index (χ2v) is 6.86. The molecule has 0 aliphatic heterocycles. The zero-order valence-corrected chi connectivity index (χ0v) is 10.5. The Morgan fingerprint density at radius 3 is 2.85 bits per heavy atom. The number of allylic oxidation sites excluding steroid dienone is 2. The van der Waals surface area contributed by atoms with Crippen molar-refractivity contribution in [1.82, 2.24) is 4.98 Å². The molecule has 1 unspecified atom stereocenters. The highest BCUT2D eigenvalue weighted by atomic mass is 127. The Balaban J connectivity index is 2.50. The number of aryl methyl sites for hydroxylation is 1. The van der Waals surface area contributed by atoms with Gasteiger partial charge in [-0.05, 0) is 26.0 Å². The summed E-state index contributed by atoms with van der Waals surface area (Å²) in [5.74, 6) is 0. The van der Waals surface area contributed by atoms with E-state index in [9.17, 15) is 0 Å². The van der Waals surface area contributed by atoms with Crippen LogP contribution < -0.4 is 0 Å². The maximum absolute atomic E-state index is 4.45. The number of nitrogens with zero attached hydrogens (tertiary/aromatic N) is 1. The molecule has 0 amide bonds. The van der Waals surface area contributed by atoms with E-state index in [1.165, 1.54) is 4.88 Å². The van der Waals surface area contributed by atoms with E-state index >= 15 is 0 Å². The van der Waals surface area contributed by atoms with E-state index in [1.54, 1.807) is 11.3 Å². The van der Waals surface area contributed by atoms with E-state index in [2.05, 4.69) is 58.8 Å². The summed E-state index contributed by atoms with van der Waals surface area (Å²) in [4.78, 5) is 5.73. The van der Waals surface area contributed by atoms with Gasteiger partial charge in [-0.2, -0.15) is 0 Å². The summed E-state index contributed by atoms with van der Waals surface area (Å²) in [6, 6.07) is 0. The maximum atomic E-state index is 4.45. The topological polar surface area (TPSA) is 12.9 Å². The minimum Gasteiger partial charge on any atom is -0.242 e. The van der Waals surface area contributed by atoms with Crippen molar-refractivity contribution in [2.75, 3.05) is 0 Å². The number of hydrogen-bond acceptors (Lipinski definition) is 2. The molecule has 0 saturated heterocycles. The molecule has 0 fully saturated rings. The zero-order valence-electron chi connectivity index (χ0n) is 7.54. The third-order valence-corrected chi connectivity index (χ3v) is 3.59. The monoisotopic (exact) mass is 303 g/mol. The quantitative estimate of drug-likeness (QED) is 0.526. The number of hydrogen-bond donors (Lipinski definition) is 0. The third kappa shape index (κ3) is 2.02. The highest BCUT2D eigenvalue weighted by molar-refractivity contribution is 14.1. The van der Waals surface area contributed by atoms with Crippen molar-refractivity contribution in [2.24, 2.45) is 0 Å². The number of fused-ring (bicyclic) bond motifs is 1. The van der Waals surface area contributed by atoms with Crippen LogP contribution in [0, 0.1) is 6.92 Å². The Bertz CT molecular complexity index is 354. The first-order valence-electron chi connectivity index (χ1n) is 4.12. The molecule has 2 rings (SSSR count). The van der Waals surface area contributed by atoms with Gasteiger partial charge in [0.2, 0.25) is 0 Å². The second kappa shape index (κ2) is 3.20. The predicted molar refractivity (Wildman–Crippen MR) is 67.3 cm³/mol. The fourth-order valence-corrected chi connectivity index (χ4v) is 2.41. The number of halogens is 1. The van der Waals surface area contributed by atoms with Crippen LogP contribution in [0.2, 0.25) is 0 Å². The molecule has 1 aromatic rings. The fourth-order valence-electron chi connectivity index (χ4n) is 1.23. The molecule has 0 bridgehead atoms. The number of aromatic nitrogens is 1. The van der Waals surface area contributed by atoms with Gasteiger partial charge in [-0.15, -0.1) is 11.3 Å². The van der Waals surface area contributed by atoms with Crippen LogP contribution in [0.3, 0.4) is 0 Å². The molecule has 13 heavy (non-hydrogen) atoms. The fraction of sp³-hybridized carbons (Fsp3) is 0.300. The molecule has 1 aromatic heterocycles. The molecule has 1 nitrogen and oxygen atoms in total. The minimum atomic E-state index is 0.131. The Morgan fingerprint density at radius 2 is 2.08 bits per heavy atom. The second-order valence-electron chi connectivity index (χ2n) is 3.30. The largest absolute Gasteiger partial charge is 0.242 e. The Hall–Kier alpha value is -0.160. The van der Waals surface area contributed by atoms with Crippen LogP contribution in [0.15, 0.2) is 12.2 Å². The first-order valence-corrected chi connectivity index (χ1v) is 6.01. The van der Waals surface area contributed by atoms with E-state index in [4.69, 9.17) is 0 Å². The Kier molecular flexibility index (Phi) is 2.32. The number of alkyl halides is 1. The summed E-state index contributed by atoms with van der Waals surface area (Å²) in [6.45, 7) is 4.23. The third-order valence-electron chi connectivity index (χ3n) is 1.92. The molecule has 1 aliphatic rings. The molecule has 68 valence electrons. The van der Waals surface area contributed by atoms with Gasteiger partial charge in [0.15, 0.2) is 0 Å². The maximum Gasteiger partial charge on any atom is 0.0907 e. The van der Waals surface area contributed by atoms with Gasteiger partial charge in [-0.1, -0.05) is 34.7 Å². The Morgan fingerprint density at radius 1 is 1.38 bits per heavy atom. The van der Waals surface area contributed by atoms with Gasteiger partial charge in [0.25, 0.3) is 0 Å².